The first-order chi connectivity index (χ1) is 7.15. The van der Waals surface area contributed by atoms with Crippen molar-refractivity contribution in [1.82, 2.24) is 0 Å². The molecule has 0 aliphatic carbocycles. The van der Waals surface area contributed by atoms with E-state index in [1.807, 2.05) is 6.92 Å². The van der Waals surface area contributed by atoms with E-state index in [4.69, 9.17) is 0 Å². The SMILES string of the molecule is CCCC(=O)Nc1ccccc1C(C)=O. The summed E-state index contributed by atoms with van der Waals surface area (Å²) >= 11 is 0. The number of anilines is 1. The summed E-state index contributed by atoms with van der Waals surface area (Å²) in [5.74, 6) is -0.0893. The van der Waals surface area contributed by atoms with E-state index in [1.54, 1.807) is 24.3 Å². The van der Waals surface area contributed by atoms with E-state index < -0.39 is 0 Å². The third-order valence-corrected chi connectivity index (χ3v) is 2.06. The molecule has 0 atom stereocenters. The van der Waals surface area contributed by atoms with Crippen LogP contribution in [0, 0.1) is 0 Å². The molecule has 0 unspecified atom stereocenters. The smallest absolute Gasteiger partial charge is 0.224 e. The molecule has 1 amide bonds. The van der Waals surface area contributed by atoms with Crippen molar-refractivity contribution < 1.29 is 9.59 Å². The number of rotatable bonds is 4. The summed E-state index contributed by atoms with van der Waals surface area (Å²) in [5, 5.41) is 2.73. The van der Waals surface area contributed by atoms with Gasteiger partial charge < -0.3 is 5.32 Å². The number of carbonyl (C=O) groups excluding carboxylic acids is 2. The summed E-state index contributed by atoms with van der Waals surface area (Å²) in [5.41, 5.74) is 1.16. The second kappa shape index (κ2) is 5.29. The molecule has 3 heteroatoms. The summed E-state index contributed by atoms with van der Waals surface area (Å²) in [7, 11) is 0. The molecule has 15 heavy (non-hydrogen) atoms. The molecular formula is C12H15NO2. The molecule has 1 aromatic rings. The van der Waals surface area contributed by atoms with E-state index in [0.29, 0.717) is 17.7 Å². The summed E-state index contributed by atoms with van der Waals surface area (Å²) < 4.78 is 0. The van der Waals surface area contributed by atoms with Gasteiger partial charge in [-0.25, -0.2) is 0 Å². The molecule has 0 fully saturated rings. The van der Waals surface area contributed by atoms with Crippen LogP contribution in [0.4, 0.5) is 5.69 Å². The molecule has 1 N–H and O–H groups in total. The number of carbonyl (C=O) groups is 2. The molecule has 0 bridgehead atoms. The molecule has 0 saturated heterocycles. The van der Waals surface area contributed by atoms with Crippen LogP contribution >= 0.6 is 0 Å². The van der Waals surface area contributed by atoms with Gasteiger partial charge in [0.25, 0.3) is 0 Å². The van der Waals surface area contributed by atoms with E-state index in [1.165, 1.54) is 6.92 Å². The van der Waals surface area contributed by atoms with Crippen molar-refractivity contribution in [2.45, 2.75) is 26.7 Å². The lowest BCUT2D eigenvalue weighted by Gasteiger charge is -2.07. The van der Waals surface area contributed by atoms with Gasteiger partial charge >= 0.3 is 0 Å². The van der Waals surface area contributed by atoms with Crippen molar-refractivity contribution >= 4 is 17.4 Å². The average molecular weight is 205 g/mol. The molecule has 0 aliphatic heterocycles. The predicted octanol–water partition coefficient (Wildman–Crippen LogP) is 2.63. The Balaban J connectivity index is 2.84. The molecule has 0 saturated carbocycles. The third-order valence-electron chi connectivity index (χ3n) is 2.06. The van der Waals surface area contributed by atoms with Crippen molar-refractivity contribution in [1.29, 1.82) is 0 Å². The fourth-order valence-corrected chi connectivity index (χ4v) is 1.34. The molecule has 0 aromatic heterocycles. The van der Waals surface area contributed by atoms with Crippen molar-refractivity contribution in [3.05, 3.63) is 29.8 Å². The highest BCUT2D eigenvalue weighted by atomic mass is 16.1. The quantitative estimate of drug-likeness (QED) is 0.768. The first-order valence-electron chi connectivity index (χ1n) is 5.05. The third kappa shape index (κ3) is 3.20. The van der Waals surface area contributed by atoms with Gasteiger partial charge in [0.2, 0.25) is 5.91 Å². The molecule has 0 spiro atoms. The summed E-state index contributed by atoms with van der Waals surface area (Å²) in [6.45, 7) is 3.43. The minimum atomic E-state index is -0.0498. The molecule has 1 aromatic carbocycles. The van der Waals surface area contributed by atoms with Crippen LogP contribution in [-0.2, 0) is 4.79 Å². The minimum Gasteiger partial charge on any atom is -0.325 e. The maximum absolute atomic E-state index is 11.4. The second-order valence-electron chi connectivity index (χ2n) is 3.40. The predicted molar refractivity (Wildman–Crippen MR) is 60.0 cm³/mol. The van der Waals surface area contributed by atoms with Crippen LogP contribution in [0.1, 0.15) is 37.0 Å². The van der Waals surface area contributed by atoms with Gasteiger partial charge in [0, 0.05) is 12.0 Å². The van der Waals surface area contributed by atoms with Gasteiger partial charge in [0.1, 0.15) is 0 Å². The average Bonchev–Trinajstić information content (AvgIpc) is 2.18. The van der Waals surface area contributed by atoms with Crippen LogP contribution in [-0.4, -0.2) is 11.7 Å². The Labute approximate surface area is 89.5 Å². The number of Topliss-reactive ketones (excluding diaryl/α,β-unsaturated/α-hetero) is 1. The molecule has 0 radical (unpaired) electrons. The van der Waals surface area contributed by atoms with Crippen LogP contribution < -0.4 is 5.32 Å². The maximum atomic E-state index is 11.4. The molecular weight excluding hydrogens is 190 g/mol. The van der Waals surface area contributed by atoms with Gasteiger partial charge in [-0.15, -0.1) is 0 Å². The van der Waals surface area contributed by atoms with Gasteiger partial charge in [-0.1, -0.05) is 19.1 Å². The van der Waals surface area contributed by atoms with Gasteiger partial charge in [-0.3, -0.25) is 9.59 Å². The minimum absolute atomic E-state index is 0.0394. The zero-order chi connectivity index (χ0) is 11.3. The molecule has 0 aliphatic rings. The molecule has 80 valence electrons. The Morgan fingerprint density at radius 2 is 1.93 bits per heavy atom. The van der Waals surface area contributed by atoms with Crippen LogP contribution in [0.25, 0.3) is 0 Å². The zero-order valence-electron chi connectivity index (χ0n) is 9.04. The number of amides is 1. The lowest BCUT2D eigenvalue weighted by Crippen LogP contribution is -2.13. The summed E-state index contributed by atoms with van der Waals surface area (Å²) in [6, 6.07) is 7.04. The van der Waals surface area contributed by atoms with Crippen molar-refractivity contribution in [2.24, 2.45) is 0 Å². The largest absolute Gasteiger partial charge is 0.325 e. The standard InChI is InChI=1S/C12H15NO2/c1-3-6-12(15)13-11-8-5-4-7-10(11)9(2)14/h4-5,7-8H,3,6H2,1-2H3,(H,13,15). The monoisotopic (exact) mass is 205 g/mol. The Hall–Kier alpha value is -1.64. The van der Waals surface area contributed by atoms with E-state index in [2.05, 4.69) is 5.32 Å². The number of hydrogen-bond donors (Lipinski definition) is 1. The zero-order valence-corrected chi connectivity index (χ0v) is 9.04. The number of para-hydroxylation sites is 1. The topological polar surface area (TPSA) is 46.2 Å². The first kappa shape index (κ1) is 11.4. The van der Waals surface area contributed by atoms with Gasteiger partial charge in [-0.2, -0.15) is 0 Å². The van der Waals surface area contributed by atoms with Crippen LogP contribution in [0.3, 0.4) is 0 Å². The highest BCUT2D eigenvalue weighted by molar-refractivity contribution is 6.03. The van der Waals surface area contributed by atoms with Crippen molar-refractivity contribution in [2.75, 3.05) is 5.32 Å². The van der Waals surface area contributed by atoms with Gasteiger partial charge in [0.15, 0.2) is 5.78 Å². The Kier molecular flexibility index (Phi) is 4.03. The van der Waals surface area contributed by atoms with Crippen molar-refractivity contribution in [3.8, 4) is 0 Å². The number of benzene rings is 1. The van der Waals surface area contributed by atoms with E-state index in [0.717, 1.165) is 6.42 Å². The highest BCUT2D eigenvalue weighted by Gasteiger charge is 2.08. The van der Waals surface area contributed by atoms with Crippen molar-refractivity contribution in [3.63, 3.8) is 0 Å². The fourth-order valence-electron chi connectivity index (χ4n) is 1.34. The molecule has 1 rings (SSSR count). The normalized spacial score (nSPS) is 9.73. The molecule has 0 heterocycles. The Morgan fingerprint density at radius 3 is 2.53 bits per heavy atom. The van der Waals surface area contributed by atoms with Gasteiger partial charge in [-0.05, 0) is 25.5 Å². The fraction of sp³-hybridized carbons (Fsp3) is 0.333. The first-order valence-corrected chi connectivity index (χ1v) is 5.05. The second-order valence-corrected chi connectivity index (χ2v) is 3.40. The van der Waals surface area contributed by atoms with E-state index in [-0.39, 0.29) is 11.7 Å². The number of hydrogen-bond acceptors (Lipinski definition) is 2. The van der Waals surface area contributed by atoms with Crippen LogP contribution in [0.2, 0.25) is 0 Å². The summed E-state index contributed by atoms with van der Waals surface area (Å²) in [6.07, 6.45) is 1.28. The van der Waals surface area contributed by atoms with Crippen LogP contribution in [0.5, 0.6) is 0 Å². The highest BCUT2D eigenvalue weighted by Crippen LogP contribution is 2.15. The summed E-state index contributed by atoms with van der Waals surface area (Å²) in [4.78, 5) is 22.6. The van der Waals surface area contributed by atoms with Gasteiger partial charge in [0.05, 0.1) is 5.69 Å². The number of nitrogens with one attached hydrogen (secondary N) is 1. The molecule has 3 nitrogen and oxygen atoms in total. The Morgan fingerprint density at radius 1 is 1.27 bits per heavy atom. The number of ketones is 1. The van der Waals surface area contributed by atoms with Crippen LogP contribution in [0.15, 0.2) is 24.3 Å². The maximum Gasteiger partial charge on any atom is 0.224 e. The lowest BCUT2D eigenvalue weighted by molar-refractivity contribution is -0.116. The van der Waals surface area contributed by atoms with E-state index in [9.17, 15) is 9.59 Å². The lowest BCUT2D eigenvalue weighted by atomic mass is 10.1. The Bertz CT molecular complexity index is 372. The van der Waals surface area contributed by atoms with E-state index >= 15 is 0 Å².